The van der Waals surface area contributed by atoms with Gasteiger partial charge in [0, 0.05) is 6.04 Å². The highest BCUT2D eigenvalue weighted by Crippen LogP contribution is 2.23. The van der Waals surface area contributed by atoms with Crippen molar-refractivity contribution in [3.63, 3.8) is 0 Å². The molecule has 1 saturated carbocycles. The number of aromatic nitrogens is 1. The Labute approximate surface area is 109 Å². The van der Waals surface area contributed by atoms with Crippen molar-refractivity contribution in [2.45, 2.75) is 42.4 Å². The average Bonchev–Trinajstić information content (AvgIpc) is 2.79. The van der Waals surface area contributed by atoms with E-state index in [1.165, 1.54) is 5.51 Å². The van der Waals surface area contributed by atoms with Gasteiger partial charge in [-0.15, -0.1) is 11.3 Å². The van der Waals surface area contributed by atoms with E-state index in [1.807, 2.05) is 0 Å². The number of aromatic carboxylic acids is 1. The number of rotatable bonds is 4. The lowest BCUT2D eigenvalue weighted by Crippen LogP contribution is -2.36. The summed E-state index contributed by atoms with van der Waals surface area (Å²) in [6.07, 6.45) is 4.74. The van der Waals surface area contributed by atoms with Crippen molar-refractivity contribution in [3.8, 4) is 0 Å². The Morgan fingerprint density at radius 1 is 1.39 bits per heavy atom. The molecule has 0 radical (unpaired) electrons. The second-order valence-corrected chi connectivity index (χ2v) is 7.01. The monoisotopic (exact) mass is 290 g/mol. The average molecular weight is 290 g/mol. The zero-order valence-electron chi connectivity index (χ0n) is 9.63. The zero-order valence-corrected chi connectivity index (χ0v) is 11.3. The summed E-state index contributed by atoms with van der Waals surface area (Å²) in [5.74, 6) is -1.32. The van der Waals surface area contributed by atoms with Crippen LogP contribution < -0.4 is 4.72 Å². The van der Waals surface area contributed by atoms with Gasteiger partial charge in [0.1, 0.15) is 0 Å². The molecule has 0 spiro atoms. The van der Waals surface area contributed by atoms with Crippen LogP contribution >= 0.6 is 11.3 Å². The number of thiazole rings is 1. The lowest BCUT2D eigenvalue weighted by Gasteiger charge is -2.22. The van der Waals surface area contributed by atoms with Crippen molar-refractivity contribution in [2.24, 2.45) is 0 Å². The topological polar surface area (TPSA) is 96.4 Å². The number of carboxylic acids is 1. The fourth-order valence-electron chi connectivity index (χ4n) is 2.06. The van der Waals surface area contributed by atoms with Crippen LogP contribution in [0.4, 0.5) is 0 Å². The lowest BCUT2D eigenvalue weighted by atomic mass is 9.96. The Bertz CT molecular complexity index is 532. The molecule has 0 bridgehead atoms. The number of hydrogen-bond donors (Lipinski definition) is 2. The maximum atomic E-state index is 12.1. The van der Waals surface area contributed by atoms with Gasteiger partial charge in [0.2, 0.25) is 0 Å². The second-order valence-electron chi connectivity index (χ2n) is 4.25. The summed E-state index contributed by atoms with van der Waals surface area (Å²) >= 11 is 0.831. The van der Waals surface area contributed by atoms with Gasteiger partial charge in [0.25, 0.3) is 10.0 Å². The van der Waals surface area contributed by atoms with Crippen LogP contribution in [0.3, 0.4) is 0 Å². The minimum atomic E-state index is -3.77. The van der Waals surface area contributed by atoms with E-state index in [2.05, 4.69) is 9.71 Å². The first-order valence-corrected chi connectivity index (χ1v) is 8.06. The number of nitrogens with zero attached hydrogens (tertiary/aromatic N) is 1. The van der Waals surface area contributed by atoms with Gasteiger partial charge in [-0.25, -0.2) is 22.9 Å². The first-order chi connectivity index (χ1) is 8.50. The number of carboxylic acid groups (broad SMARTS) is 1. The molecule has 1 aromatic heterocycles. The van der Waals surface area contributed by atoms with Crippen molar-refractivity contribution < 1.29 is 18.3 Å². The molecule has 1 aliphatic carbocycles. The second kappa shape index (κ2) is 5.33. The van der Waals surface area contributed by atoms with Gasteiger partial charge in [-0.3, -0.25) is 0 Å². The molecule has 1 heterocycles. The van der Waals surface area contributed by atoms with Crippen LogP contribution in [-0.4, -0.2) is 30.5 Å². The van der Waals surface area contributed by atoms with Crippen molar-refractivity contribution in [1.29, 1.82) is 0 Å². The van der Waals surface area contributed by atoms with Crippen LogP contribution in [0.2, 0.25) is 0 Å². The molecular formula is C10H14N2O4S2. The van der Waals surface area contributed by atoms with Gasteiger partial charge in [-0.2, -0.15) is 0 Å². The van der Waals surface area contributed by atoms with Gasteiger partial charge < -0.3 is 5.11 Å². The quantitative estimate of drug-likeness (QED) is 0.875. The van der Waals surface area contributed by atoms with Crippen molar-refractivity contribution in [1.82, 2.24) is 9.71 Å². The van der Waals surface area contributed by atoms with E-state index in [4.69, 9.17) is 5.11 Å². The highest BCUT2D eigenvalue weighted by Gasteiger charge is 2.28. The fourth-order valence-corrected chi connectivity index (χ4v) is 4.52. The van der Waals surface area contributed by atoms with Gasteiger partial charge in [0.05, 0.1) is 5.51 Å². The van der Waals surface area contributed by atoms with Crippen molar-refractivity contribution >= 4 is 27.3 Å². The molecule has 0 amide bonds. The van der Waals surface area contributed by atoms with E-state index < -0.39 is 21.7 Å². The molecule has 8 heteroatoms. The summed E-state index contributed by atoms with van der Waals surface area (Å²) < 4.78 is 26.5. The molecule has 0 aliphatic heterocycles. The Morgan fingerprint density at radius 3 is 2.67 bits per heavy atom. The first kappa shape index (κ1) is 13.4. The minimum Gasteiger partial charge on any atom is -0.476 e. The molecule has 2 N–H and O–H groups in total. The van der Waals surface area contributed by atoms with Gasteiger partial charge in [-0.05, 0) is 12.8 Å². The number of carbonyl (C=O) groups is 1. The van der Waals surface area contributed by atoms with E-state index in [0.29, 0.717) is 0 Å². The molecule has 1 aromatic rings. The van der Waals surface area contributed by atoms with Gasteiger partial charge >= 0.3 is 5.97 Å². The van der Waals surface area contributed by atoms with Gasteiger partial charge in [0.15, 0.2) is 9.90 Å². The summed E-state index contributed by atoms with van der Waals surface area (Å²) in [4.78, 5) is 14.4. The van der Waals surface area contributed by atoms with Gasteiger partial charge in [-0.1, -0.05) is 19.3 Å². The van der Waals surface area contributed by atoms with Crippen LogP contribution in [0.15, 0.2) is 9.72 Å². The van der Waals surface area contributed by atoms with Crippen molar-refractivity contribution in [3.05, 3.63) is 11.2 Å². The molecule has 6 nitrogen and oxygen atoms in total. The smallest absolute Gasteiger partial charge is 0.356 e. The number of sulfonamides is 1. The molecule has 100 valence electrons. The predicted molar refractivity (Wildman–Crippen MR) is 66.3 cm³/mol. The van der Waals surface area contributed by atoms with Crippen LogP contribution in [0.1, 0.15) is 42.6 Å². The lowest BCUT2D eigenvalue weighted by molar-refractivity contribution is 0.0687. The number of hydrogen-bond acceptors (Lipinski definition) is 5. The van der Waals surface area contributed by atoms with Crippen LogP contribution in [0, 0.1) is 0 Å². The van der Waals surface area contributed by atoms with E-state index in [0.717, 1.165) is 43.4 Å². The SMILES string of the molecule is O=C(O)c1ncsc1S(=O)(=O)NC1CCCCC1. The predicted octanol–water partition coefficient (Wildman–Crippen LogP) is 1.45. The van der Waals surface area contributed by atoms with E-state index >= 15 is 0 Å². The molecule has 0 aromatic carbocycles. The largest absolute Gasteiger partial charge is 0.476 e. The third-order valence-electron chi connectivity index (χ3n) is 2.91. The van der Waals surface area contributed by atoms with E-state index in [9.17, 15) is 13.2 Å². The molecule has 0 atom stereocenters. The Morgan fingerprint density at radius 2 is 2.06 bits per heavy atom. The highest BCUT2D eigenvalue weighted by atomic mass is 32.2. The summed E-state index contributed by atoms with van der Waals surface area (Å²) in [5.41, 5.74) is 0.835. The third kappa shape index (κ3) is 2.88. The summed E-state index contributed by atoms with van der Waals surface area (Å²) in [7, 11) is -3.77. The highest BCUT2D eigenvalue weighted by molar-refractivity contribution is 7.91. The van der Waals surface area contributed by atoms with Crippen LogP contribution in [0.5, 0.6) is 0 Å². The summed E-state index contributed by atoms with van der Waals surface area (Å²) in [6.45, 7) is 0. The fraction of sp³-hybridized carbons (Fsp3) is 0.600. The Kier molecular flexibility index (Phi) is 3.98. The molecule has 1 fully saturated rings. The maximum Gasteiger partial charge on any atom is 0.356 e. The zero-order chi connectivity index (χ0) is 13.2. The van der Waals surface area contributed by atoms with E-state index in [-0.39, 0.29) is 10.3 Å². The standard InChI is InChI=1S/C10H14N2O4S2/c13-9(14)8-10(17-6-11-8)18(15,16)12-7-4-2-1-3-5-7/h6-7,12H,1-5H2,(H,13,14). The summed E-state index contributed by atoms with van der Waals surface area (Å²) in [5, 5.41) is 8.88. The van der Waals surface area contributed by atoms with Crippen molar-refractivity contribution in [2.75, 3.05) is 0 Å². The molecule has 0 unspecified atom stereocenters. The Balaban J connectivity index is 2.19. The first-order valence-electron chi connectivity index (χ1n) is 5.70. The summed E-state index contributed by atoms with van der Waals surface area (Å²) in [6, 6.07) is -0.0903. The van der Waals surface area contributed by atoms with Crippen LogP contribution in [0.25, 0.3) is 0 Å². The normalized spacial score (nSPS) is 17.8. The minimum absolute atomic E-state index is 0.0903. The molecule has 2 rings (SSSR count). The molecular weight excluding hydrogens is 276 g/mol. The van der Waals surface area contributed by atoms with E-state index in [1.54, 1.807) is 0 Å². The third-order valence-corrected chi connectivity index (χ3v) is 5.80. The number of nitrogens with one attached hydrogen (secondary N) is 1. The maximum absolute atomic E-state index is 12.1. The Hall–Kier alpha value is -0.990. The molecule has 18 heavy (non-hydrogen) atoms. The van der Waals surface area contributed by atoms with Crippen LogP contribution in [-0.2, 0) is 10.0 Å². The molecule has 1 aliphatic rings. The molecule has 0 saturated heterocycles.